The number of rotatable bonds is 4. The highest BCUT2D eigenvalue weighted by Gasteiger charge is 2.14. The molecule has 2 aromatic heterocycles. The van der Waals surface area contributed by atoms with E-state index >= 15 is 0 Å². The van der Waals surface area contributed by atoms with E-state index in [-0.39, 0.29) is 10.6 Å². The van der Waals surface area contributed by atoms with Crippen LogP contribution >= 0.6 is 11.6 Å². The van der Waals surface area contributed by atoms with Crippen LogP contribution < -0.4 is 10.5 Å². The van der Waals surface area contributed by atoms with Crippen LogP contribution in [0.3, 0.4) is 0 Å². The van der Waals surface area contributed by atoms with Crippen molar-refractivity contribution in [2.45, 2.75) is 6.54 Å². The minimum Gasteiger partial charge on any atom is -0.467 e. The summed E-state index contributed by atoms with van der Waals surface area (Å²) in [7, 11) is 1.83. The Kier molecular flexibility index (Phi) is 3.98. The molecule has 0 spiro atoms. The van der Waals surface area contributed by atoms with Gasteiger partial charge < -0.3 is 9.32 Å². The minimum atomic E-state index is -0.350. The molecule has 0 saturated heterocycles. The molecule has 0 aliphatic carbocycles. The Morgan fingerprint density at radius 3 is 2.68 bits per heavy atom. The number of benzene rings is 1. The van der Waals surface area contributed by atoms with Gasteiger partial charge in [-0.05, 0) is 24.3 Å². The van der Waals surface area contributed by atoms with E-state index in [9.17, 15) is 4.79 Å². The molecule has 22 heavy (non-hydrogen) atoms. The molecule has 0 aliphatic heterocycles. The Bertz CT molecular complexity index is 813. The lowest BCUT2D eigenvalue weighted by Crippen LogP contribution is -2.26. The van der Waals surface area contributed by atoms with Crippen LogP contribution in [0.25, 0.3) is 5.69 Å². The Labute approximate surface area is 132 Å². The number of halogens is 1. The average molecular weight is 316 g/mol. The molecule has 0 radical (unpaired) electrons. The van der Waals surface area contributed by atoms with E-state index in [1.54, 1.807) is 24.6 Å². The third-order valence-electron chi connectivity index (χ3n) is 3.29. The molecule has 2 heterocycles. The van der Waals surface area contributed by atoms with Crippen LogP contribution in [0.4, 0.5) is 5.69 Å². The zero-order valence-electron chi connectivity index (χ0n) is 11.9. The molecule has 3 aromatic rings. The number of aromatic nitrogens is 2. The summed E-state index contributed by atoms with van der Waals surface area (Å²) in [6, 6.07) is 12.8. The molecule has 5 nitrogen and oxygen atoms in total. The van der Waals surface area contributed by atoms with Gasteiger partial charge in [0.25, 0.3) is 5.56 Å². The Balaban J connectivity index is 1.95. The largest absolute Gasteiger partial charge is 0.467 e. The van der Waals surface area contributed by atoms with E-state index in [1.165, 1.54) is 4.68 Å². The van der Waals surface area contributed by atoms with E-state index in [2.05, 4.69) is 5.10 Å². The third kappa shape index (κ3) is 2.76. The van der Waals surface area contributed by atoms with E-state index in [0.717, 1.165) is 5.76 Å². The second-order valence-electron chi connectivity index (χ2n) is 4.83. The van der Waals surface area contributed by atoms with Crippen molar-refractivity contribution in [3.8, 4) is 5.69 Å². The average Bonchev–Trinajstić information content (AvgIpc) is 3.03. The lowest BCUT2D eigenvalue weighted by atomic mass is 10.3. The number of hydrogen-bond donors (Lipinski definition) is 0. The maximum atomic E-state index is 12.4. The van der Waals surface area contributed by atoms with Gasteiger partial charge in [0.1, 0.15) is 10.8 Å². The van der Waals surface area contributed by atoms with Gasteiger partial charge in [-0.3, -0.25) is 4.79 Å². The summed E-state index contributed by atoms with van der Waals surface area (Å²) in [5.74, 6) is 0.783. The summed E-state index contributed by atoms with van der Waals surface area (Å²) in [6.07, 6.45) is 3.19. The molecule has 0 amide bonds. The SMILES string of the molecule is CN(Cc1ccco1)c1cnn(-c2ccccc2)c(=O)c1Cl. The van der Waals surface area contributed by atoms with Gasteiger partial charge in [-0.25, -0.2) is 0 Å². The molecule has 0 atom stereocenters. The number of para-hydroxylation sites is 1. The lowest BCUT2D eigenvalue weighted by molar-refractivity contribution is 0.507. The highest BCUT2D eigenvalue weighted by molar-refractivity contribution is 6.33. The van der Waals surface area contributed by atoms with Crippen LogP contribution in [-0.4, -0.2) is 16.8 Å². The van der Waals surface area contributed by atoms with Gasteiger partial charge in [0.15, 0.2) is 0 Å². The van der Waals surface area contributed by atoms with Crippen molar-refractivity contribution in [3.63, 3.8) is 0 Å². The van der Waals surface area contributed by atoms with Crippen molar-refractivity contribution in [2.24, 2.45) is 0 Å². The fourth-order valence-corrected chi connectivity index (χ4v) is 2.44. The van der Waals surface area contributed by atoms with Crippen LogP contribution in [0.15, 0.2) is 64.1 Å². The summed E-state index contributed by atoms with van der Waals surface area (Å²) in [6.45, 7) is 0.503. The second-order valence-corrected chi connectivity index (χ2v) is 5.21. The summed E-state index contributed by atoms with van der Waals surface area (Å²) in [5, 5.41) is 4.34. The van der Waals surface area contributed by atoms with Gasteiger partial charge in [-0.15, -0.1) is 0 Å². The zero-order chi connectivity index (χ0) is 15.5. The number of hydrogen-bond acceptors (Lipinski definition) is 4. The molecule has 112 valence electrons. The topological polar surface area (TPSA) is 51.3 Å². The molecule has 0 fully saturated rings. The molecule has 0 aliphatic rings. The number of nitrogens with zero attached hydrogens (tertiary/aromatic N) is 3. The summed E-state index contributed by atoms with van der Waals surface area (Å²) in [4.78, 5) is 14.2. The fourth-order valence-electron chi connectivity index (χ4n) is 2.16. The van der Waals surface area contributed by atoms with Crippen LogP contribution in [0.1, 0.15) is 5.76 Å². The van der Waals surface area contributed by atoms with E-state index in [1.807, 2.05) is 42.3 Å². The molecule has 0 unspecified atom stereocenters. The number of furan rings is 1. The second kappa shape index (κ2) is 6.07. The Hall–Kier alpha value is -2.53. The van der Waals surface area contributed by atoms with Crippen LogP contribution in [0.5, 0.6) is 0 Å². The van der Waals surface area contributed by atoms with Gasteiger partial charge in [-0.2, -0.15) is 9.78 Å². The standard InChI is InChI=1S/C16H14ClN3O2/c1-19(11-13-8-5-9-22-13)14-10-18-20(16(21)15(14)17)12-6-3-2-4-7-12/h2-10H,11H2,1H3. The summed E-state index contributed by atoms with van der Waals surface area (Å²) >= 11 is 6.24. The molecular weight excluding hydrogens is 302 g/mol. The normalized spacial score (nSPS) is 10.6. The van der Waals surface area contributed by atoms with E-state index in [0.29, 0.717) is 17.9 Å². The van der Waals surface area contributed by atoms with Crippen molar-refractivity contribution >= 4 is 17.3 Å². The molecule has 0 N–H and O–H groups in total. The summed E-state index contributed by atoms with van der Waals surface area (Å²) < 4.78 is 6.58. The van der Waals surface area contributed by atoms with E-state index < -0.39 is 0 Å². The maximum absolute atomic E-state index is 12.4. The molecule has 3 rings (SSSR count). The summed E-state index contributed by atoms with van der Waals surface area (Å²) in [5.41, 5.74) is 0.890. The van der Waals surface area contributed by atoms with Crippen molar-refractivity contribution in [3.05, 3.63) is 76.1 Å². The van der Waals surface area contributed by atoms with Gasteiger partial charge in [-0.1, -0.05) is 29.8 Å². The predicted octanol–water partition coefficient (Wildman–Crippen LogP) is 3.12. The molecule has 6 heteroatoms. The zero-order valence-corrected chi connectivity index (χ0v) is 12.7. The van der Waals surface area contributed by atoms with Crippen LogP contribution in [0, 0.1) is 0 Å². The van der Waals surface area contributed by atoms with Gasteiger partial charge in [0.05, 0.1) is 30.4 Å². The van der Waals surface area contributed by atoms with Crippen molar-refractivity contribution in [1.29, 1.82) is 0 Å². The highest BCUT2D eigenvalue weighted by atomic mass is 35.5. The Morgan fingerprint density at radius 2 is 2.00 bits per heavy atom. The first-order valence-electron chi connectivity index (χ1n) is 6.73. The van der Waals surface area contributed by atoms with Crippen LogP contribution in [-0.2, 0) is 6.54 Å². The molecular formula is C16H14ClN3O2. The highest BCUT2D eigenvalue weighted by Crippen LogP contribution is 2.22. The first kappa shape index (κ1) is 14.4. The number of anilines is 1. The first-order valence-corrected chi connectivity index (χ1v) is 7.11. The lowest BCUT2D eigenvalue weighted by Gasteiger charge is -2.19. The smallest absolute Gasteiger partial charge is 0.292 e. The predicted molar refractivity (Wildman–Crippen MR) is 85.7 cm³/mol. The Morgan fingerprint density at radius 1 is 1.23 bits per heavy atom. The third-order valence-corrected chi connectivity index (χ3v) is 3.64. The van der Waals surface area contributed by atoms with Crippen molar-refractivity contribution in [1.82, 2.24) is 9.78 Å². The first-order chi connectivity index (χ1) is 10.7. The minimum absolute atomic E-state index is 0.132. The molecule has 0 bridgehead atoms. The van der Waals surface area contributed by atoms with Crippen LogP contribution in [0.2, 0.25) is 5.02 Å². The molecule has 0 saturated carbocycles. The van der Waals surface area contributed by atoms with E-state index in [4.69, 9.17) is 16.0 Å². The quantitative estimate of drug-likeness (QED) is 0.742. The van der Waals surface area contributed by atoms with Crippen molar-refractivity contribution in [2.75, 3.05) is 11.9 Å². The fraction of sp³-hybridized carbons (Fsp3) is 0.125. The monoisotopic (exact) mass is 315 g/mol. The van der Waals surface area contributed by atoms with Crippen molar-refractivity contribution < 1.29 is 4.42 Å². The maximum Gasteiger partial charge on any atom is 0.292 e. The van der Waals surface area contributed by atoms with Gasteiger partial charge in [0, 0.05) is 7.05 Å². The van der Waals surface area contributed by atoms with Gasteiger partial charge in [0.2, 0.25) is 0 Å². The molecule has 1 aromatic carbocycles. The van der Waals surface area contributed by atoms with Gasteiger partial charge >= 0.3 is 0 Å².